The number of nitrogens with one attached hydrogen (secondary N) is 1. The summed E-state index contributed by atoms with van der Waals surface area (Å²) in [6.07, 6.45) is 0. The van der Waals surface area contributed by atoms with Gasteiger partial charge in [-0.05, 0) is 45.5 Å². The zero-order valence-corrected chi connectivity index (χ0v) is 13.0. The van der Waals surface area contributed by atoms with E-state index in [9.17, 15) is 13.3 Å². The predicted molar refractivity (Wildman–Crippen MR) is 71.9 cm³/mol. The van der Waals surface area contributed by atoms with Crippen molar-refractivity contribution in [3.63, 3.8) is 0 Å². The molecule has 110 valence electrons. The Kier molecular flexibility index (Phi) is 5.62. The summed E-state index contributed by atoms with van der Waals surface area (Å²) >= 11 is 0.202. The molecule has 19 heavy (non-hydrogen) atoms. The molecule has 0 bridgehead atoms. The molecule has 0 atom stereocenters. The van der Waals surface area contributed by atoms with E-state index in [-0.39, 0.29) is 25.0 Å². The summed E-state index contributed by atoms with van der Waals surface area (Å²) in [4.78, 5) is -0.371. The van der Waals surface area contributed by atoms with E-state index in [0.717, 1.165) is 5.69 Å². The summed E-state index contributed by atoms with van der Waals surface area (Å²) in [5.41, 5.74) is 1.36. The van der Waals surface area contributed by atoms with E-state index in [4.69, 9.17) is 9.05 Å². The molecule has 0 aliphatic heterocycles. The topological polar surface area (TPSA) is 51.3 Å². The highest BCUT2D eigenvalue weighted by molar-refractivity contribution is 8.06. The summed E-state index contributed by atoms with van der Waals surface area (Å²) in [5, 5.41) is 0. The first-order chi connectivity index (χ1) is 8.75. The Hall–Kier alpha value is -0.360. The lowest BCUT2D eigenvalue weighted by atomic mass is 10.4. The lowest BCUT2D eigenvalue weighted by molar-refractivity contribution is 0.112. The maximum absolute atomic E-state index is 14.2. The largest absolute Gasteiger partial charge is 0.410 e. The minimum atomic E-state index is -4.48. The van der Waals surface area contributed by atoms with Crippen molar-refractivity contribution >= 4 is 19.4 Å². The molecule has 1 heterocycles. The lowest BCUT2D eigenvalue weighted by Gasteiger charge is -2.24. The van der Waals surface area contributed by atoms with Gasteiger partial charge >= 0.3 is 12.6 Å². The molecule has 0 saturated heterocycles. The fourth-order valence-corrected chi connectivity index (χ4v) is 4.34. The lowest BCUT2D eigenvalue weighted by Crippen LogP contribution is -2.16. The first kappa shape index (κ1) is 16.7. The van der Waals surface area contributed by atoms with Crippen LogP contribution in [0.1, 0.15) is 25.2 Å². The summed E-state index contributed by atoms with van der Waals surface area (Å²) in [5.74, 6) is 0. The molecule has 0 radical (unpaired) electrons. The van der Waals surface area contributed by atoms with Crippen LogP contribution in [0.3, 0.4) is 0 Å². The average molecular weight is 313 g/mol. The van der Waals surface area contributed by atoms with Gasteiger partial charge in [-0.25, -0.2) is 0 Å². The highest BCUT2D eigenvalue weighted by Gasteiger charge is 2.54. The van der Waals surface area contributed by atoms with Crippen molar-refractivity contribution in [3.05, 3.63) is 17.5 Å². The van der Waals surface area contributed by atoms with Crippen molar-refractivity contribution in [1.82, 2.24) is 4.98 Å². The number of aromatic nitrogens is 1. The molecule has 0 unspecified atom stereocenters. The Morgan fingerprint density at radius 1 is 1.32 bits per heavy atom. The minimum absolute atomic E-state index is 0.0986. The molecule has 0 fully saturated rings. The fraction of sp³-hybridized carbons (Fsp3) is 0.636. The molecule has 0 aliphatic rings. The van der Waals surface area contributed by atoms with Crippen LogP contribution in [0.15, 0.2) is 11.0 Å². The maximum atomic E-state index is 14.2. The van der Waals surface area contributed by atoms with E-state index >= 15 is 0 Å². The zero-order valence-electron chi connectivity index (χ0n) is 11.3. The van der Waals surface area contributed by atoms with Gasteiger partial charge in [0.25, 0.3) is 0 Å². The van der Waals surface area contributed by atoms with Crippen molar-refractivity contribution in [1.29, 1.82) is 0 Å². The third-order valence-corrected chi connectivity index (χ3v) is 5.92. The van der Waals surface area contributed by atoms with Crippen LogP contribution >= 0.6 is 19.4 Å². The number of hydrogen-bond donors (Lipinski definition) is 1. The Balaban J connectivity index is 3.00. The van der Waals surface area contributed by atoms with Crippen LogP contribution in [-0.2, 0) is 13.6 Å². The van der Waals surface area contributed by atoms with Crippen LogP contribution in [0.5, 0.6) is 0 Å². The van der Waals surface area contributed by atoms with E-state index in [1.165, 1.54) is 13.8 Å². The quantitative estimate of drug-likeness (QED) is 0.593. The molecule has 0 saturated carbocycles. The van der Waals surface area contributed by atoms with Crippen LogP contribution in [-0.4, -0.2) is 23.2 Å². The van der Waals surface area contributed by atoms with E-state index in [2.05, 4.69) is 4.98 Å². The number of aryl methyl sites for hydroxylation is 2. The van der Waals surface area contributed by atoms with Gasteiger partial charge < -0.3 is 14.0 Å². The second-order valence-corrected chi connectivity index (χ2v) is 7.39. The summed E-state index contributed by atoms with van der Waals surface area (Å²) in [6.45, 7) is 6.24. The Labute approximate surface area is 115 Å². The van der Waals surface area contributed by atoms with Crippen LogP contribution in [0, 0.1) is 13.8 Å². The number of thioether (sulfide) groups is 1. The standard InChI is InChI=1S/C11H18F2NO3PS/c1-5-16-18(15,17-6-2)11(12,13)19-10-7-8(3)14-9(10)4/h7,14H,5-6H2,1-4H3. The first-order valence-electron chi connectivity index (χ1n) is 5.88. The van der Waals surface area contributed by atoms with Gasteiger partial charge in [-0.15, -0.1) is 0 Å². The third kappa shape index (κ3) is 3.81. The number of H-pyrrole nitrogens is 1. The molecule has 1 rings (SSSR count). The summed E-state index contributed by atoms with van der Waals surface area (Å²) in [6, 6.07) is 1.58. The molecule has 0 spiro atoms. The Morgan fingerprint density at radius 3 is 2.21 bits per heavy atom. The SMILES string of the molecule is CCOP(=O)(OCC)C(F)(F)Sc1cc(C)[nH]c1C. The zero-order chi connectivity index (χ0) is 14.7. The van der Waals surface area contributed by atoms with Crippen molar-refractivity contribution in [2.75, 3.05) is 13.2 Å². The highest BCUT2D eigenvalue weighted by atomic mass is 32.2. The Bertz CT molecular complexity index is 469. The summed E-state index contributed by atoms with van der Waals surface area (Å²) in [7, 11) is -4.48. The van der Waals surface area contributed by atoms with E-state index < -0.39 is 12.6 Å². The molecular formula is C11H18F2NO3PS. The van der Waals surface area contributed by atoms with E-state index in [0.29, 0.717) is 10.6 Å². The average Bonchev–Trinajstić information content (AvgIpc) is 2.57. The number of halogens is 2. The molecule has 8 heteroatoms. The van der Waals surface area contributed by atoms with Gasteiger partial charge in [-0.3, -0.25) is 4.57 Å². The van der Waals surface area contributed by atoms with Crippen LogP contribution < -0.4 is 0 Å². The maximum Gasteiger partial charge on any atom is 0.410 e. The molecule has 1 N–H and O–H groups in total. The van der Waals surface area contributed by atoms with Gasteiger partial charge in [-0.1, -0.05) is 0 Å². The summed E-state index contributed by atoms with van der Waals surface area (Å²) < 4.78 is 49.9. The first-order valence-corrected chi connectivity index (χ1v) is 8.24. The Morgan fingerprint density at radius 2 is 1.84 bits per heavy atom. The molecule has 4 nitrogen and oxygen atoms in total. The fourth-order valence-electron chi connectivity index (χ4n) is 1.52. The molecule has 0 aliphatic carbocycles. The number of aromatic amines is 1. The van der Waals surface area contributed by atoms with Crippen LogP contribution in [0.2, 0.25) is 0 Å². The third-order valence-electron chi connectivity index (χ3n) is 2.25. The molecule has 0 amide bonds. The molecular weight excluding hydrogens is 295 g/mol. The second kappa shape index (κ2) is 6.39. The number of alkyl halides is 2. The van der Waals surface area contributed by atoms with Gasteiger partial charge in [-0.2, -0.15) is 8.78 Å². The molecule has 0 aromatic carbocycles. The van der Waals surface area contributed by atoms with Gasteiger partial charge in [0.2, 0.25) is 0 Å². The van der Waals surface area contributed by atoms with Crippen molar-refractivity contribution in [2.45, 2.75) is 37.6 Å². The van der Waals surface area contributed by atoms with Crippen molar-refractivity contribution in [3.8, 4) is 0 Å². The monoisotopic (exact) mass is 313 g/mol. The highest BCUT2D eigenvalue weighted by Crippen LogP contribution is 2.68. The van der Waals surface area contributed by atoms with E-state index in [1.807, 2.05) is 0 Å². The van der Waals surface area contributed by atoms with Gasteiger partial charge in [0.1, 0.15) is 0 Å². The van der Waals surface area contributed by atoms with Crippen molar-refractivity contribution in [2.24, 2.45) is 0 Å². The number of hydrogen-bond acceptors (Lipinski definition) is 4. The predicted octanol–water partition coefficient (Wildman–Crippen LogP) is 4.54. The van der Waals surface area contributed by atoms with Gasteiger partial charge in [0.15, 0.2) is 0 Å². The van der Waals surface area contributed by atoms with Crippen molar-refractivity contribution < 1.29 is 22.4 Å². The number of rotatable bonds is 7. The minimum Gasteiger partial charge on any atom is -0.362 e. The molecule has 1 aromatic heterocycles. The smallest absolute Gasteiger partial charge is 0.362 e. The van der Waals surface area contributed by atoms with Crippen LogP contribution in [0.25, 0.3) is 0 Å². The molecule has 1 aromatic rings. The van der Waals surface area contributed by atoms with E-state index in [1.54, 1.807) is 19.9 Å². The second-order valence-electron chi connectivity index (χ2n) is 3.86. The van der Waals surface area contributed by atoms with Crippen LogP contribution in [0.4, 0.5) is 8.78 Å². The normalized spacial score (nSPS) is 12.9. The van der Waals surface area contributed by atoms with Gasteiger partial charge in [0, 0.05) is 16.3 Å². The van der Waals surface area contributed by atoms with Gasteiger partial charge in [0.05, 0.1) is 13.2 Å².